The SMILES string of the molecule is CCCn1c(C)c(/C=c2\sc3n(c2=O)[C@H](c2ccc(C(C)C)cc2)C(C(=O)OCC)=C(C)N=3)c2cccc(C)c21. The zero-order valence-electron chi connectivity index (χ0n) is 24.4. The minimum Gasteiger partial charge on any atom is -0.463 e. The van der Waals surface area contributed by atoms with E-state index in [1.54, 1.807) is 11.5 Å². The standard InChI is InChI=1S/C33H37N3O3S/c1-8-17-35-22(7)26(25-12-10-11-20(5)29(25)35)18-27-31(37)36-30(24-15-13-23(14-16-24)19(3)4)28(32(38)39-9-2)21(6)34-33(36)40-27/h10-16,18-19,30H,8-9,17H2,1-7H3/b27-18-/t30-/m1/s1. The Hall–Kier alpha value is -3.71. The zero-order valence-corrected chi connectivity index (χ0v) is 25.2. The molecule has 0 bridgehead atoms. The molecule has 2 aromatic heterocycles. The average molecular weight is 556 g/mol. The summed E-state index contributed by atoms with van der Waals surface area (Å²) in [6.07, 6.45) is 3.03. The molecule has 1 atom stereocenters. The van der Waals surface area contributed by atoms with Crippen LogP contribution in [0.1, 0.15) is 80.9 Å². The number of ether oxygens (including phenoxy) is 1. The highest BCUT2D eigenvalue weighted by molar-refractivity contribution is 7.07. The van der Waals surface area contributed by atoms with Gasteiger partial charge in [-0.05, 0) is 62.8 Å². The fourth-order valence-electron chi connectivity index (χ4n) is 5.73. The normalized spacial score (nSPS) is 15.6. The predicted molar refractivity (Wildman–Crippen MR) is 163 cm³/mol. The van der Waals surface area contributed by atoms with Gasteiger partial charge in [0.2, 0.25) is 0 Å². The van der Waals surface area contributed by atoms with Crippen molar-refractivity contribution in [1.29, 1.82) is 0 Å². The molecule has 0 radical (unpaired) electrons. The summed E-state index contributed by atoms with van der Waals surface area (Å²) in [5.74, 6) is -0.0653. The molecule has 0 spiro atoms. The second kappa shape index (κ2) is 11.0. The number of nitrogens with zero attached hydrogens (tertiary/aromatic N) is 3. The molecule has 4 aromatic rings. The molecule has 0 aliphatic carbocycles. The number of hydrogen-bond acceptors (Lipinski definition) is 5. The van der Waals surface area contributed by atoms with Crippen LogP contribution in [0.4, 0.5) is 0 Å². The molecule has 3 heterocycles. The smallest absolute Gasteiger partial charge is 0.338 e. The third kappa shape index (κ3) is 4.66. The number of aromatic nitrogens is 2. The van der Waals surface area contributed by atoms with E-state index in [0.29, 0.717) is 26.5 Å². The summed E-state index contributed by atoms with van der Waals surface area (Å²) in [5.41, 5.74) is 7.51. The fraction of sp³-hybridized carbons (Fsp3) is 0.364. The Morgan fingerprint density at radius 2 is 1.82 bits per heavy atom. The Morgan fingerprint density at radius 3 is 2.48 bits per heavy atom. The molecule has 2 aromatic carbocycles. The minimum absolute atomic E-state index is 0.153. The van der Waals surface area contributed by atoms with E-state index in [4.69, 9.17) is 9.73 Å². The van der Waals surface area contributed by atoms with E-state index in [9.17, 15) is 9.59 Å². The first-order chi connectivity index (χ1) is 19.2. The van der Waals surface area contributed by atoms with Crippen molar-refractivity contribution in [2.24, 2.45) is 4.99 Å². The second-order valence-corrected chi connectivity index (χ2v) is 11.8. The summed E-state index contributed by atoms with van der Waals surface area (Å²) < 4.78 is 10.1. The number of carbonyl (C=O) groups is 1. The topological polar surface area (TPSA) is 65.6 Å². The number of esters is 1. The number of hydrogen-bond donors (Lipinski definition) is 0. The molecule has 1 aliphatic rings. The van der Waals surface area contributed by atoms with Gasteiger partial charge in [0, 0.05) is 23.2 Å². The monoisotopic (exact) mass is 555 g/mol. The van der Waals surface area contributed by atoms with Crippen molar-refractivity contribution in [3.05, 3.63) is 101 Å². The van der Waals surface area contributed by atoms with Gasteiger partial charge in [0.15, 0.2) is 4.80 Å². The molecule has 0 amide bonds. The lowest BCUT2D eigenvalue weighted by atomic mass is 9.93. The van der Waals surface area contributed by atoms with Gasteiger partial charge in [0.25, 0.3) is 5.56 Å². The number of thiazole rings is 1. The maximum absolute atomic E-state index is 14.2. The lowest BCUT2D eigenvalue weighted by molar-refractivity contribution is -0.139. The van der Waals surface area contributed by atoms with E-state index in [2.05, 4.69) is 69.5 Å². The van der Waals surface area contributed by atoms with Crippen molar-refractivity contribution in [3.8, 4) is 0 Å². The first-order valence-electron chi connectivity index (χ1n) is 14.1. The fourth-order valence-corrected chi connectivity index (χ4v) is 6.76. The van der Waals surface area contributed by atoms with Gasteiger partial charge >= 0.3 is 5.97 Å². The van der Waals surface area contributed by atoms with Crippen LogP contribution in [0.25, 0.3) is 17.0 Å². The first kappa shape index (κ1) is 27.8. The molecule has 40 heavy (non-hydrogen) atoms. The van der Waals surface area contributed by atoms with Gasteiger partial charge in [-0.1, -0.05) is 74.6 Å². The molecule has 5 rings (SSSR count). The lowest BCUT2D eigenvalue weighted by Gasteiger charge is -2.25. The molecule has 0 saturated heterocycles. The van der Waals surface area contributed by atoms with E-state index in [1.807, 2.05) is 25.1 Å². The Labute approximate surface area is 239 Å². The summed E-state index contributed by atoms with van der Waals surface area (Å²) in [4.78, 5) is 32.7. The highest BCUT2D eigenvalue weighted by Crippen LogP contribution is 2.32. The van der Waals surface area contributed by atoms with Crippen molar-refractivity contribution in [1.82, 2.24) is 9.13 Å². The molecular formula is C33H37N3O3S. The quantitative estimate of drug-likeness (QED) is 0.267. The highest BCUT2D eigenvalue weighted by atomic mass is 32.1. The Kier molecular flexibility index (Phi) is 7.69. The number of fused-ring (bicyclic) bond motifs is 2. The number of benzene rings is 2. The van der Waals surface area contributed by atoms with Crippen LogP contribution in [0.2, 0.25) is 0 Å². The third-order valence-electron chi connectivity index (χ3n) is 7.75. The van der Waals surface area contributed by atoms with Crippen LogP contribution >= 0.6 is 11.3 Å². The highest BCUT2D eigenvalue weighted by Gasteiger charge is 2.33. The maximum Gasteiger partial charge on any atom is 0.338 e. The number of para-hydroxylation sites is 1. The average Bonchev–Trinajstić information content (AvgIpc) is 3.37. The summed E-state index contributed by atoms with van der Waals surface area (Å²) in [6.45, 7) is 15.5. The molecule has 208 valence electrons. The van der Waals surface area contributed by atoms with Crippen LogP contribution in [0.15, 0.2) is 63.5 Å². The molecular weight excluding hydrogens is 518 g/mol. The summed E-state index contributed by atoms with van der Waals surface area (Å²) in [7, 11) is 0. The minimum atomic E-state index is -0.608. The second-order valence-electron chi connectivity index (χ2n) is 10.7. The molecule has 1 aliphatic heterocycles. The Bertz CT molecular complexity index is 1820. The Balaban J connectivity index is 1.76. The van der Waals surface area contributed by atoms with E-state index in [1.165, 1.54) is 28.0 Å². The van der Waals surface area contributed by atoms with Crippen LogP contribution in [0.5, 0.6) is 0 Å². The summed E-state index contributed by atoms with van der Waals surface area (Å²) in [5, 5.41) is 1.14. The van der Waals surface area contributed by atoms with E-state index >= 15 is 0 Å². The maximum atomic E-state index is 14.2. The van der Waals surface area contributed by atoms with Gasteiger partial charge in [0.1, 0.15) is 0 Å². The number of aryl methyl sites for hydroxylation is 2. The van der Waals surface area contributed by atoms with E-state index in [-0.39, 0.29) is 12.2 Å². The molecule has 0 fully saturated rings. The number of carbonyl (C=O) groups excluding carboxylic acids is 1. The van der Waals surface area contributed by atoms with Gasteiger partial charge in [-0.25, -0.2) is 9.79 Å². The van der Waals surface area contributed by atoms with E-state index < -0.39 is 12.0 Å². The molecule has 0 saturated carbocycles. The van der Waals surface area contributed by atoms with Crippen LogP contribution < -0.4 is 14.9 Å². The van der Waals surface area contributed by atoms with Crippen molar-refractivity contribution in [3.63, 3.8) is 0 Å². The largest absolute Gasteiger partial charge is 0.463 e. The molecule has 6 nitrogen and oxygen atoms in total. The van der Waals surface area contributed by atoms with Crippen molar-refractivity contribution in [2.45, 2.75) is 73.4 Å². The van der Waals surface area contributed by atoms with Crippen LogP contribution in [-0.2, 0) is 16.1 Å². The van der Waals surface area contributed by atoms with Crippen LogP contribution in [0, 0.1) is 13.8 Å². The van der Waals surface area contributed by atoms with Crippen LogP contribution in [0.3, 0.4) is 0 Å². The van der Waals surface area contributed by atoms with Gasteiger partial charge in [-0.3, -0.25) is 9.36 Å². The first-order valence-corrected chi connectivity index (χ1v) is 14.9. The van der Waals surface area contributed by atoms with Gasteiger partial charge < -0.3 is 9.30 Å². The van der Waals surface area contributed by atoms with Crippen LogP contribution in [-0.4, -0.2) is 21.7 Å². The predicted octanol–water partition coefficient (Wildman–Crippen LogP) is 5.90. The number of rotatable bonds is 7. The van der Waals surface area contributed by atoms with Crippen molar-refractivity contribution in [2.75, 3.05) is 6.61 Å². The number of allylic oxidation sites excluding steroid dienone is 1. The van der Waals surface area contributed by atoms with E-state index in [0.717, 1.165) is 35.2 Å². The van der Waals surface area contributed by atoms with Gasteiger partial charge in [-0.15, -0.1) is 0 Å². The molecule has 0 N–H and O–H groups in total. The van der Waals surface area contributed by atoms with Gasteiger partial charge in [-0.2, -0.15) is 0 Å². The molecule has 7 heteroatoms. The summed E-state index contributed by atoms with van der Waals surface area (Å²) >= 11 is 1.37. The van der Waals surface area contributed by atoms with Gasteiger partial charge in [0.05, 0.1) is 34.0 Å². The third-order valence-corrected chi connectivity index (χ3v) is 8.73. The summed E-state index contributed by atoms with van der Waals surface area (Å²) in [6, 6.07) is 13.9. The van der Waals surface area contributed by atoms with Crippen molar-refractivity contribution >= 4 is 34.3 Å². The Morgan fingerprint density at radius 1 is 1.10 bits per heavy atom. The lowest BCUT2D eigenvalue weighted by Crippen LogP contribution is -2.40. The molecule has 0 unspecified atom stereocenters. The zero-order chi connectivity index (χ0) is 28.7. The van der Waals surface area contributed by atoms with Crippen molar-refractivity contribution < 1.29 is 9.53 Å².